The second-order valence-corrected chi connectivity index (χ2v) is 6.06. The van der Waals surface area contributed by atoms with Crippen LogP contribution in [0.1, 0.15) is 10.6 Å². The fourth-order valence-electron chi connectivity index (χ4n) is 2.06. The van der Waals surface area contributed by atoms with E-state index in [0.717, 1.165) is 10.2 Å². The lowest BCUT2D eigenvalue weighted by Gasteiger charge is -1.98. The molecule has 112 valence electrons. The van der Waals surface area contributed by atoms with Crippen LogP contribution >= 0.6 is 22.9 Å². The van der Waals surface area contributed by atoms with Crippen LogP contribution in [0.3, 0.4) is 0 Å². The Morgan fingerprint density at radius 3 is 2.83 bits per heavy atom. The number of para-hydroxylation sites is 1. The van der Waals surface area contributed by atoms with Crippen molar-refractivity contribution in [3.8, 4) is 6.07 Å². The minimum atomic E-state index is -0.552. The van der Waals surface area contributed by atoms with Crippen molar-refractivity contribution < 1.29 is 4.92 Å². The van der Waals surface area contributed by atoms with E-state index in [1.807, 2.05) is 24.3 Å². The molecule has 0 radical (unpaired) electrons. The normalized spacial score (nSPS) is 11.4. The van der Waals surface area contributed by atoms with Gasteiger partial charge in [0.2, 0.25) is 0 Å². The van der Waals surface area contributed by atoms with Gasteiger partial charge in [-0.3, -0.25) is 10.1 Å². The van der Waals surface area contributed by atoms with E-state index >= 15 is 0 Å². The van der Waals surface area contributed by atoms with Crippen molar-refractivity contribution in [1.29, 1.82) is 5.26 Å². The third-order valence-electron chi connectivity index (χ3n) is 3.12. The monoisotopic (exact) mass is 341 g/mol. The zero-order valence-electron chi connectivity index (χ0n) is 11.6. The molecule has 0 saturated carbocycles. The molecule has 0 aliphatic rings. The summed E-state index contributed by atoms with van der Waals surface area (Å²) in [4.78, 5) is 14.8. The Hall–Kier alpha value is -2.75. The second kappa shape index (κ2) is 6.16. The average Bonchev–Trinajstić information content (AvgIpc) is 2.97. The van der Waals surface area contributed by atoms with Crippen LogP contribution in [0.5, 0.6) is 0 Å². The third-order valence-corrected chi connectivity index (χ3v) is 4.51. The van der Waals surface area contributed by atoms with Crippen molar-refractivity contribution in [2.24, 2.45) is 0 Å². The van der Waals surface area contributed by atoms with Gasteiger partial charge in [0.1, 0.15) is 16.1 Å². The summed E-state index contributed by atoms with van der Waals surface area (Å²) in [5, 5.41) is 21.0. The van der Waals surface area contributed by atoms with Gasteiger partial charge >= 0.3 is 0 Å². The zero-order chi connectivity index (χ0) is 16.4. The number of allylic oxidation sites excluding steroid dienone is 1. The van der Waals surface area contributed by atoms with Gasteiger partial charge in [-0.05, 0) is 29.8 Å². The van der Waals surface area contributed by atoms with Gasteiger partial charge < -0.3 is 0 Å². The first-order valence-corrected chi connectivity index (χ1v) is 7.69. The van der Waals surface area contributed by atoms with Gasteiger partial charge in [-0.25, -0.2) is 4.98 Å². The van der Waals surface area contributed by atoms with Crippen LogP contribution < -0.4 is 0 Å². The molecule has 0 atom stereocenters. The Morgan fingerprint density at radius 1 is 1.35 bits per heavy atom. The third kappa shape index (κ3) is 3.06. The molecule has 2 aromatic carbocycles. The summed E-state index contributed by atoms with van der Waals surface area (Å²) in [6, 6.07) is 14.1. The molecule has 0 N–H and O–H groups in total. The first kappa shape index (κ1) is 15.2. The first-order chi connectivity index (χ1) is 11.1. The molecule has 1 heterocycles. The maximum atomic E-state index is 10.9. The van der Waals surface area contributed by atoms with Crippen molar-refractivity contribution in [3.05, 3.63) is 68.2 Å². The van der Waals surface area contributed by atoms with Gasteiger partial charge in [0.25, 0.3) is 5.69 Å². The highest BCUT2D eigenvalue weighted by molar-refractivity contribution is 7.19. The molecule has 3 aromatic rings. The van der Waals surface area contributed by atoms with E-state index in [-0.39, 0.29) is 10.7 Å². The molecule has 0 unspecified atom stereocenters. The first-order valence-electron chi connectivity index (χ1n) is 6.50. The second-order valence-electron chi connectivity index (χ2n) is 4.62. The standard InChI is InChI=1S/C16H8ClN3O2S/c17-12-6-5-10(8-14(12)20(21)22)7-11(9-18)16-19-13-3-1-2-4-15(13)23-16/h1-8H/b11-7-. The predicted octanol–water partition coefficient (Wildman–Crippen LogP) is 4.92. The molecule has 1 aromatic heterocycles. The molecule has 5 nitrogen and oxygen atoms in total. The van der Waals surface area contributed by atoms with E-state index in [1.54, 1.807) is 12.1 Å². The average molecular weight is 342 g/mol. The Labute approximate surface area is 140 Å². The number of benzene rings is 2. The lowest BCUT2D eigenvalue weighted by atomic mass is 10.1. The van der Waals surface area contributed by atoms with Crippen LogP contribution in [0.25, 0.3) is 21.9 Å². The molecule has 0 aliphatic heterocycles. The molecule has 0 amide bonds. The summed E-state index contributed by atoms with van der Waals surface area (Å²) >= 11 is 7.20. The number of hydrogen-bond donors (Lipinski definition) is 0. The summed E-state index contributed by atoms with van der Waals surface area (Å²) in [5.41, 5.74) is 1.50. The molecule has 0 fully saturated rings. The number of hydrogen-bond acceptors (Lipinski definition) is 5. The maximum absolute atomic E-state index is 10.9. The Balaban J connectivity index is 2.07. The summed E-state index contributed by atoms with van der Waals surface area (Å²) < 4.78 is 0.978. The molecule has 7 heteroatoms. The Kier molecular flexibility index (Phi) is 4.06. The lowest BCUT2D eigenvalue weighted by Crippen LogP contribution is -1.90. The number of thiazole rings is 1. The number of aromatic nitrogens is 1. The van der Waals surface area contributed by atoms with Crippen LogP contribution in [-0.2, 0) is 0 Å². The van der Waals surface area contributed by atoms with E-state index in [9.17, 15) is 15.4 Å². The van der Waals surface area contributed by atoms with Crippen LogP contribution in [0, 0.1) is 21.4 Å². The number of fused-ring (bicyclic) bond motifs is 1. The molecule has 23 heavy (non-hydrogen) atoms. The maximum Gasteiger partial charge on any atom is 0.288 e. The highest BCUT2D eigenvalue weighted by atomic mass is 35.5. The fourth-order valence-corrected chi connectivity index (χ4v) is 3.17. The van der Waals surface area contributed by atoms with Crippen molar-refractivity contribution >= 4 is 50.5 Å². The van der Waals surface area contributed by atoms with Crippen LogP contribution in [0.2, 0.25) is 5.02 Å². The number of halogens is 1. The summed E-state index contributed by atoms with van der Waals surface area (Å²) in [7, 11) is 0. The molecule has 3 rings (SSSR count). The molecular formula is C16H8ClN3O2S. The van der Waals surface area contributed by atoms with Crippen LogP contribution in [-0.4, -0.2) is 9.91 Å². The lowest BCUT2D eigenvalue weighted by molar-refractivity contribution is -0.384. The van der Waals surface area contributed by atoms with Gasteiger partial charge in [-0.2, -0.15) is 5.26 Å². The topological polar surface area (TPSA) is 79.8 Å². The number of nitrogens with zero attached hydrogens (tertiary/aromatic N) is 3. The predicted molar refractivity (Wildman–Crippen MR) is 91.2 cm³/mol. The largest absolute Gasteiger partial charge is 0.288 e. The van der Waals surface area contributed by atoms with Gasteiger partial charge in [0.05, 0.1) is 20.7 Å². The smallest absolute Gasteiger partial charge is 0.258 e. The SMILES string of the molecule is N#C/C(=C/c1ccc(Cl)c([N+](=O)[O-])c1)c1nc2ccccc2s1. The number of nitriles is 1. The Bertz CT molecular complexity index is 955. The van der Waals surface area contributed by atoms with E-state index in [2.05, 4.69) is 11.1 Å². The van der Waals surface area contributed by atoms with Crippen LogP contribution in [0.15, 0.2) is 42.5 Å². The number of nitro benzene ring substituents is 1. The van der Waals surface area contributed by atoms with Crippen molar-refractivity contribution in [2.75, 3.05) is 0 Å². The minimum Gasteiger partial charge on any atom is -0.258 e. The quantitative estimate of drug-likeness (QED) is 0.384. The van der Waals surface area contributed by atoms with E-state index in [1.165, 1.54) is 23.5 Å². The van der Waals surface area contributed by atoms with Gasteiger partial charge in [0.15, 0.2) is 0 Å². The van der Waals surface area contributed by atoms with E-state index < -0.39 is 4.92 Å². The zero-order valence-corrected chi connectivity index (χ0v) is 13.1. The van der Waals surface area contributed by atoms with Gasteiger partial charge in [-0.1, -0.05) is 29.8 Å². The van der Waals surface area contributed by atoms with Crippen molar-refractivity contribution in [2.45, 2.75) is 0 Å². The fraction of sp³-hybridized carbons (Fsp3) is 0. The summed E-state index contributed by atoms with van der Waals surface area (Å²) in [6.07, 6.45) is 1.57. The molecule has 0 aliphatic carbocycles. The highest BCUT2D eigenvalue weighted by Crippen LogP contribution is 2.30. The van der Waals surface area contributed by atoms with Crippen LogP contribution in [0.4, 0.5) is 5.69 Å². The molecule has 0 spiro atoms. The summed E-state index contributed by atoms with van der Waals surface area (Å²) in [6.45, 7) is 0. The molecule has 0 bridgehead atoms. The van der Waals surface area contributed by atoms with Crippen molar-refractivity contribution in [1.82, 2.24) is 4.98 Å². The van der Waals surface area contributed by atoms with Crippen molar-refractivity contribution in [3.63, 3.8) is 0 Å². The minimum absolute atomic E-state index is 0.0608. The van der Waals surface area contributed by atoms with E-state index in [0.29, 0.717) is 16.1 Å². The molecule has 0 saturated heterocycles. The van der Waals surface area contributed by atoms with E-state index in [4.69, 9.17) is 11.6 Å². The Morgan fingerprint density at radius 2 is 2.13 bits per heavy atom. The number of nitro groups is 1. The van der Waals surface area contributed by atoms with Gasteiger partial charge in [0, 0.05) is 6.07 Å². The number of rotatable bonds is 3. The summed E-state index contributed by atoms with van der Waals surface area (Å²) in [5.74, 6) is 0. The highest BCUT2D eigenvalue weighted by Gasteiger charge is 2.13. The van der Waals surface area contributed by atoms with Gasteiger partial charge in [-0.15, -0.1) is 11.3 Å². The molecular weight excluding hydrogens is 334 g/mol.